The highest BCUT2D eigenvalue weighted by Gasteiger charge is 2.31. The molecule has 0 saturated heterocycles. The average Bonchev–Trinajstić information content (AvgIpc) is 3.09. The van der Waals surface area contributed by atoms with E-state index in [0.29, 0.717) is 0 Å². The summed E-state index contributed by atoms with van der Waals surface area (Å²) in [5.74, 6) is -0.415. The van der Waals surface area contributed by atoms with Gasteiger partial charge in [-0.1, -0.05) is 36.4 Å². The van der Waals surface area contributed by atoms with E-state index in [1.54, 1.807) is 41.2 Å². The number of nitrogens with one attached hydrogen (secondary N) is 1. The van der Waals surface area contributed by atoms with Crippen LogP contribution in [0.25, 0.3) is 0 Å². The smallest absolute Gasteiger partial charge is 0.338 e. The molecule has 3 rings (SSSR count). The Morgan fingerprint density at radius 3 is 2.24 bits per heavy atom. The van der Waals surface area contributed by atoms with Gasteiger partial charge in [0.2, 0.25) is 0 Å². The van der Waals surface area contributed by atoms with Crippen molar-refractivity contribution in [3.8, 4) is 0 Å². The third kappa shape index (κ3) is 3.91. The number of anilines is 1. The van der Waals surface area contributed by atoms with Crippen LogP contribution in [-0.2, 0) is 11.0 Å². The number of alkyl halides is 3. The number of halogens is 3. The van der Waals surface area contributed by atoms with Crippen LogP contribution in [0.3, 0.4) is 0 Å². The van der Waals surface area contributed by atoms with Crippen LogP contribution in [0.15, 0.2) is 79.1 Å². The maximum atomic E-state index is 12.8. The van der Waals surface area contributed by atoms with Gasteiger partial charge >= 0.3 is 6.18 Å². The minimum Gasteiger partial charge on any atom is -0.338 e. The minimum absolute atomic E-state index is 0.105. The molecule has 2 aromatic carbocycles. The molecule has 1 heterocycles. The highest BCUT2D eigenvalue weighted by atomic mass is 19.4. The Bertz CT molecular complexity index is 843. The summed E-state index contributed by atoms with van der Waals surface area (Å²) in [5, 5.41) is 2.58. The maximum absolute atomic E-state index is 12.8. The summed E-state index contributed by atoms with van der Waals surface area (Å²) in [6.45, 7) is 0. The monoisotopic (exact) mass is 344 g/mol. The van der Waals surface area contributed by atoms with Crippen LogP contribution in [0.4, 0.5) is 18.9 Å². The molecule has 0 unspecified atom stereocenters. The van der Waals surface area contributed by atoms with Gasteiger partial charge in [0.1, 0.15) is 6.04 Å². The molecule has 3 aromatic rings. The molecule has 0 radical (unpaired) electrons. The van der Waals surface area contributed by atoms with E-state index in [1.807, 2.05) is 18.2 Å². The zero-order chi connectivity index (χ0) is 17.9. The summed E-state index contributed by atoms with van der Waals surface area (Å²) < 4.78 is 40.2. The Morgan fingerprint density at radius 1 is 0.920 bits per heavy atom. The third-order valence-corrected chi connectivity index (χ3v) is 3.75. The van der Waals surface area contributed by atoms with Crippen molar-refractivity contribution in [1.82, 2.24) is 4.57 Å². The van der Waals surface area contributed by atoms with Crippen molar-refractivity contribution in [2.24, 2.45) is 0 Å². The number of hydrogen-bond donors (Lipinski definition) is 1. The van der Waals surface area contributed by atoms with Crippen molar-refractivity contribution in [3.63, 3.8) is 0 Å². The lowest BCUT2D eigenvalue weighted by molar-refractivity contribution is -0.137. The molecule has 1 atom stereocenters. The number of rotatable bonds is 4. The van der Waals surface area contributed by atoms with Crippen molar-refractivity contribution in [2.45, 2.75) is 12.2 Å². The molecule has 128 valence electrons. The van der Waals surface area contributed by atoms with Crippen LogP contribution in [-0.4, -0.2) is 10.5 Å². The quantitative estimate of drug-likeness (QED) is 0.729. The Labute approximate surface area is 142 Å². The van der Waals surface area contributed by atoms with Crippen molar-refractivity contribution in [2.75, 3.05) is 5.32 Å². The molecule has 25 heavy (non-hydrogen) atoms. The Morgan fingerprint density at radius 2 is 1.60 bits per heavy atom. The van der Waals surface area contributed by atoms with Gasteiger partial charge in [0, 0.05) is 18.1 Å². The number of benzene rings is 2. The van der Waals surface area contributed by atoms with E-state index in [1.165, 1.54) is 12.1 Å². The standard InChI is InChI=1S/C19H15F3N2O/c20-19(21,22)15-9-6-10-16(13-15)23-18(25)17(24-11-4-5-12-24)14-7-2-1-3-8-14/h1-13,17H,(H,23,25)/t17-/m0/s1. The molecule has 1 aromatic heterocycles. The van der Waals surface area contributed by atoms with Gasteiger partial charge in [-0.05, 0) is 35.9 Å². The van der Waals surface area contributed by atoms with E-state index >= 15 is 0 Å². The molecular weight excluding hydrogens is 329 g/mol. The molecule has 1 amide bonds. The van der Waals surface area contributed by atoms with Crippen LogP contribution < -0.4 is 5.32 Å². The van der Waals surface area contributed by atoms with Gasteiger partial charge in [-0.2, -0.15) is 13.2 Å². The van der Waals surface area contributed by atoms with Gasteiger partial charge in [0.25, 0.3) is 5.91 Å². The second-order valence-electron chi connectivity index (χ2n) is 5.51. The fourth-order valence-electron chi connectivity index (χ4n) is 2.60. The summed E-state index contributed by atoms with van der Waals surface area (Å²) in [6.07, 6.45) is -0.979. The molecule has 0 aliphatic heterocycles. The summed E-state index contributed by atoms with van der Waals surface area (Å²) in [5.41, 5.74) is 0.0404. The van der Waals surface area contributed by atoms with E-state index in [0.717, 1.165) is 17.7 Å². The largest absolute Gasteiger partial charge is 0.416 e. The fourth-order valence-corrected chi connectivity index (χ4v) is 2.60. The van der Waals surface area contributed by atoms with Gasteiger partial charge in [-0.15, -0.1) is 0 Å². The topological polar surface area (TPSA) is 34.0 Å². The maximum Gasteiger partial charge on any atom is 0.416 e. The molecular formula is C19H15F3N2O. The van der Waals surface area contributed by atoms with E-state index in [2.05, 4.69) is 5.32 Å². The molecule has 3 nitrogen and oxygen atoms in total. The van der Waals surface area contributed by atoms with Crippen LogP contribution in [0.2, 0.25) is 0 Å². The van der Waals surface area contributed by atoms with Crippen molar-refractivity contribution < 1.29 is 18.0 Å². The highest BCUT2D eigenvalue weighted by Crippen LogP contribution is 2.31. The van der Waals surface area contributed by atoms with Gasteiger partial charge in [-0.25, -0.2) is 0 Å². The summed E-state index contributed by atoms with van der Waals surface area (Å²) >= 11 is 0. The minimum atomic E-state index is -4.46. The summed E-state index contributed by atoms with van der Waals surface area (Å²) in [4.78, 5) is 12.8. The normalized spacial score (nSPS) is 12.6. The first-order chi connectivity index (χ1) is 11.9. The molecule has 0 aliphatic rings. The lowest BCUT2D eigenvalue weighted by Crippen LogP contribution is -2.26. The third-order valence-electron chi connectivity index (χ3n) is 3.75. The van der Waals surface area contributed by atoms with Crippen LogP contribution >= 0.6 is 0 Å². The molecule has 1 N–H and O–H groups in total. The highest BCUT2D eigenvalue weighted by molar-refractivity contribution is 5.95. The van der Waals surface area contributed by atoms with Gasteiger partial charge in [-0.3, -0.25) is 4.79 Å². The average molecular weight is 344 g/mol. The molecule has 0 bridgehead atoms. The Balaban J connectivity index is 1.90. The van der Waals surface area contributed by atoms with Crippen LogP contribution in [0.5, 0.6) is 0 Å². The predicted octanol–water partition coefficient (Wildman–Crippen LogP) is 4.74. The van der Waals surface area contributed by atoms with Crippen LogP contribution in [0.1, 0.15) is 17.2 Å². The fraction of sp³-hybridized carbons (Fsp3) is 0.105. The number of nitrogens with zero attached hydrogens (tertiary/aromatic N) is 1. The lowest BCUT2D eigenvalue weighted by atomic mass is 10.1. The summed E-state index contributed by atoms with van der Waals surface area (Å²) in [6, 6.07) is 16.6. The number of carbonyl (C=O) groups is 1. The van der Waals surface area contributed by atoms with E-state index in [4.69, 9.17) is 0 Å². The van der Waals surface area contributed by atoms with E-state index in [9.17, 15) is 18.0 Å². The number of carbonyl (C=O) groups excluding carboxylic acids is 1. The molecule has 0 aliphatic carbocycles. The first-order valence-electron chi connectivity index (χ1n) is 7.61. The number of amides is 1. The second-order valence-corrected chi connectivity index (χ2v) is 5.51. The second kappa shape index (κ2) is 6.84. The predicted molar refractivity (Wildman–Crippen MR) is 89.1 cm³/mol. The van der Waals surface area contributed by atoms with E-state index < -0.39 is 23.7 Å². The van der Waals surface area contributed by atoms with Gasteiger partial charge in [0.05, 0.1) is 5.56 Å². The van der Waals surface area contributed by atoms with Gasteiger partial charge < -0.3 is 9.88 Å². The number of hydrogen-bond acceptors (Lipinski definition) is 1. The lowest BCUT2D eigenvalue weighted by Gasteiger charge is -2.19. The van der Waals surface area contributed by atoms with Gasteiger partial charge in [0.15, 0.2) is 0 Å². The van der Waals surface area contributed by atoms with Crippen molar-refractivity contribution in [3.05, 3.63) is 90.3 Å². The SMILES string of the molecule is O=C(Nc1cccc(C(F)(F)F)c1)[C@H](c1ccccc1)n1cccc1. The first-order valence-corrected chi connectivity index (χ1v) is 7.61. The van der Waals surface area contributed by atoms with Crippen molar-refractivity contribution in [1.29, 1.82) is 0 Å². The zero-order valence-corrected chi connectivity index (χ0v) is 13.1. The molecule has 0 spiro atoms. The zero-order valence-electron chi connectivity index (χ0n) is 13.1. The molecule has 0 fully saturated rings. The number of aromatic nitrogens is 1. The summed E-state index contributed by atoms with van der Waals surface area (Å²) in [7, 11) is 0. The Hall–Kier alpha value is -3.02. The van der Waals surface area contributed by atoms with E-state index in [-0.39, 0.29) is 5.69 Å². The molecule has 0 saturated carbocycles. The van der Waals surface area contributed by atoms with Crippen LogP contribution in [0, 0.1) is 0 Å². The first kappa shape index (κ1) is 16.8. The Kier molecular flexibility index (Phi) is 4.61. The molecule has 6 heteroatoms. The van der Waals surface area contributed by atoms with Crippen molar-refractivity contribution >= 4 is 11.6 Å².